The Morgan fingerprint density at radius 2 is 2.10 bits per heavy atom. The summed E-state index contributed by atoms with van der Waals surface area (Å²) in [6.07, 6.45) is 4.23. The van der Waals surface area contributed by atoms with Crippen LogP contribution in [0.4, 0.5) is 0 Å². The summed E-state index contributed by atoms with van der Waals surface area (Å²) in [5, 5.41) is 0. The molecule has 2 nitrogen and oxygen atoms in total. The van der Waals surface area contributed by atoms with E-state index in [-0.39, 0.29) is 12.4 Å². The van der Waals surface area contributed by atoms with Gasteiger partial charge in [-0.05, 0) is 6.08 Å². The fraction of sp³-hybridized carbons (Fsp3) is 0.500. The molecule has 0 bridgehead atoms. The van der Waals surface area contributed by atoms with Gasteiger partial charge in [-0.1, -0.05) is 12.7 Å². The maximum absolute atomic E-state index is 5.33. The summed E-state index contributed by atoms with van der Waals surface area (Å²) >= 11 is 0. The minimum Gasteiger partial charge on any atom is -0.349 e. The van der Waals surface area contributed by atoms with E-state index in [0.717, 1.165) is 13.0 Å². The highest BCUT2D eigenvalue weighted by atomic mass is 16.7. The van der Waals surface area contributed by atoms with Gasteiger partial charge in [0.05, 0.1) is 12.7 Å². The average molecular weight is 140 g/mol. The number of rotatable bonds is 2. The van der Waals surface area contributed by atoms with Crippen LogP contribution >= 0.6 is 0 Å². The van der Waals surface area contributed by atoms with E-state index >= 15 is 0 Å². The van der Waals surface area contributed by atoms with Crippen LogP contribution in [0.5, 0.6) is 0 Å². The van der Waals surface area contributed by atoms with Gasteiger partial charge in [-0.15, -0.1) is 6.58 Å². The molecular formula is C8H12O2. The van der Waals surface area contributed by atoms with Crippen LogP contribution in [-0.4, -0.2) is 19.0 Å². The molecule has 0 aliphatic carbocycles. The third kappa shape index (κ3) is 1.69. The lowest BCUT2D eigenvalue weighted by atomic mass is 10.2. The number of hydrogen-bond acceptors (Lipinski definition) is 2. The van der Waals surface area contributed by atoms with Gasteiger partial charge in [-0.25, -0.2) is 0 Å². The van der Waals surface area contributed by atoms with E-state index in [1.165, 1.54) is 0 Å². The predicted molar refractivity (Wildman–Crippen MR) is 39.6 cm³/mol. The fourth-order valence-electron chi connectivity index (χ4n) is 0.877. The van der Waals surface area contributed by atoms with E-state index in [2.05, 4.69) is 13.2 Å². The first kappa shape index (κ1) is 7.51. The SMILES string of the molecule is C=CC1CCOC(C=C)O1. The summed E-state index contributed by atoms with van der Waals surface area (Å²) in [4.78, 5) is 0. The molecule has 10 heavy (non-hydrogen) atoms. The lowest BCUT2D eigenvalue weighted by molar-refractivity contribution is -0.172. The van der Waals surface area contributed by atoms with E-state index < -0.39 is 0 Å². The van der Waals surface area contributed by atoms with Crippen LogP contribution in [0, 0.1) is 0 Å². The summed E-state index contributed by atoms with van der Waals surface area (Å²) in [7, 11) is 0. The molecule has 1 aliphatic heterocycles. The van der Waals surface area contributed by atoms with Crippen molar-refractivity contribution in [2.45, 2.75) is 18.8 Å². The monoisotopic (exact) mass is 140 g/mol. The second-order valence-corrected chi connectivity index (χ2v) is 2.17. The second-order valence-electron chi connectivity index (χ2n) is 2.17. The van der Waals surface area contributed by atoms with Crippen molar-refractivity contribution in [1.82, 2.24) is 0 Å². The van der Waals surface area contributed by atoms with E-state index in [4.69, 9.17) is 9.47 Å². The molecule has 0 aromatic carbocycles. The molecule has 2 atom stereocenters. The normalized spacial score (nSPS) is 33.2. The highest BCUT2D eigenvalue weighted by Crippen LogP contribution is 2.12. The van der Waals surface area contributed by atoms with Crippen LogP contribution in [0.2, 0.25) is 0 Å². The van der Waals surface area contributed by atoms with Crippen molar-refractivity contribution in [3.05, 3.63) is 25.3 Å². The molecule has 0 amide bonds. The van der Waals surface area contributed by atoms with Gasteiger partial charge < -0.3 is 9.47 Å². The van der Waals surface area contributed by atoms with Crippen LogP contribution < -0.4 is 0 Å². The highest BCUT2D eigenvalue weighted by Gasteiger charge is 2.17. The van der Waals surface area contributed by atoms with Crippen molar-refractivity contribution in [1.29, 1.82) is 0 Å². The predicted octanol–water partition coefficient (Wildman–Crippen LogP) is 1.49. The first-order valence-corrected chi connectivity index (χ1v) is 3.39. The van der Waals surface area contributed by atoms with Gasteiger partial charge in [-0.3, -0.25) is 0 Å². The third-order valence-corrected chi connectivity index (χ3v) is 1.45. The Kier molecular flexibility index (Phi) is 2.66. The highest BCUT2D eigenvalue weighted by molar-refractivity contribution is 4.85. The Morgan fingerprint density at radius 1 is 1.30 bits per heavy atom. The topological polar surface area (TPSA) is 18.5 Å². The summed E-state index contributed by atoms with van der Waals surface area (Å²) in [6.45, 7) is 7.94. The molecule has 1 heterocycles. The lowest BCUT2D eigenvalue weighted by Gasteiger charge is -2.25. The third-order valence-electron chi connectivity index (χ3n) is 1.45. The quantitative estimate of drug-likeness (QED) is 0.541. The first-order valence-electron chi connectivity index (χ1n) is 3.39. The molecule has 0 aromatic rings. The zero-order chi connectivity index (χ0) is 7.40. The zero-order valence-electron chi connectivity index (χ0n) is 5.95. The average Bonchev–Trinajstić information content (AvgIpc) is 2.05. The van der Waals surface area contributed by atoms with E-state index in [1.807, 2.05) is 0 Å². The van der Waals surface area contributed by atoms with Crippen molar-refractivity contribution < 1.29 is 9.47 Å². The van der Waals surface area contributed by atoms with Crippen LogP contribution in [0.3, 0.4) is 0 Å². The van der Waals surface area contributed by atoms with Crippen LogP contribution in [-0.2, 0) is 9.47 Å². The Labute approximate surface area is 61.1 Å². The molecule has 2 unspecified atom stereocenters. The van der Waals surface area contributed by atoms with Gasteiger partial charge in [0.2, 0.25) is 0 Å². The molecule has 1 fully saturated rings. The number of ether oxygens (including phenoxy) is 2. The molecular weight excluding hydrogens is 128 g/mol. The van der Waals surface area contributed by atoms with Gasteiger partial charge >= 0.3 is 0 Å². The maximum atomic E-state index is 5.33. The molecule has 1 rings (SSSR count). The zero-order valence-corrected chi connectivity index (χ0v) is 5.95. The summed E-state index contributed by atoms with van der Waals surface area (Å²) in [5.74, 6) is 0. The Hall–Kier alpha value is -0.600. The number of hydrogen-bond donors (Lipinski definition) is 0. The van der Waals surface area contributed by atoms with E-state index in [1.54, 1.807) is 12.2 Å². The fourth-order valence-corrected chi connectivity index (χ4v) is 0.877. The van der Waals surface area contributed by atoms with Gasteiger partial charge in [0.25, 0.3) is 0 Å². The second kappa shape index (κ2) is 3.54. The van der Waals surface area contributed by atoms with Gasteiger partial charge in [0.1, 0.15) is 0 Å². The largest absolute Gasteiger partial charge is 0.349 e. The van der Waals surface area contributed by atoms with Gasteiger partial charge in [0.15, 0.2) is 6.29 Å². The molecule has 56 valence electrons. The molecule has 1 aliphatic rings. The van der Waals surface area contributed by atoms with Gasteiger partial charge in [0, 0.05) is 6.42 Å². The summed E-state index contributed by atoms with van der Waals surface area (Å²) < 4.78 is 10.5. The van der Waals surface area contributed by atoms with E-state index in [0.29, 0.717) is 0 Å². The lowest BCUT2D eigenvalue weighted by Crippen LogP contribution is -2.29. The molecule has 1 saturated heterocycles. The molecule has 0 saturated carbocycles. The molecule has 0 spiro atoms. The molecule has 0 aromatic heterocycles. The minimum atomic E-state index is -0.239. The maximum Gasteiger partial charge on any atom is 0.177 e. The summed E-state index contributed by atoms with van der Waals surface area (Å²) in [6, 6.07) is 0. The molecule has 2 heteroatoms. The summed E-state index contributed by atoms with van der Waals surface area (Å²) in [5.41, 5.74) is 0. The van der Waals surface area contributed by atoms with Crippen LogP contribution in [0.15, 0.2) is 25.3 Å². The minimum absolute atomic E-state index is 0.136. The Balaban J connectivity index is 2.38. The van der Waals surface area contributed by atoms with Gasteiger partial charge in [-0.2, -0.15) is 0 Å². The standard InChI is InChI=1S/C8H12O2/c1-3-7-5-6-9-8(4-2)10-7/h3-4,7-8H,1-2,5-6H2. The van der Waals surface area contributed by atoms with Crippen molar-refractivity contribution in [3.8, 4) is 0 Å². The van der Waals surface area contributed by atoms with Crippen LogP contribution in [0.1, 0.15) is 6.42 Å². The van der Waals surface area contributed by atoms with Crippen molar-refractivity contribution >= 4 is 0 Å². The van der Waals surface area contributed by atoms with E-state index in [9.17, 15) is 0 Å². The smallest absolute Gasteiger partial charge is 0.177 e. The molecule has 0 radical (unpaired) electrons. The van der Waals surface area contributed by atoms with Crippen molar-refractivity contribution in [2.75, 3.05) is 6.61 Å². The Bertz CT molecular complexity index is 117. The van der Waals surface area contributed by atoms with Crippen LogP contribution in [0.25, 0.3) is 0 Å². The first-order chi connectivity index (χ1) is 4.86. The van der Waals surface area contributed by atoms with Crippen molar-refractivity contribution in [2.24, 2.45) is 0 Å². The molecule has 0 N–H and O–H groups in total. The Morgan fingerprint density at radius 3 is 2.70 bits per heavy atom. The van der Waals surface area contributed by atoms with Crippen molar-refractivity contribution in [3.63, 3.8) is 0 Å².